The number of aliphatic imine (C=N–C) groups is 1. The second kappa shape index (κ2) is 16.1. The van der Waals surface area contributed by atoms with E-state index in [-0.39, 0.29) is 42.3 Å². The summed E-state index contributed by atoms with van der Waals surface area (Å²) in [5, 5.41) is 16.0. The zero-order chi connectivity index (χ0) is 36.8. The molecule has 0 spiro atoms. The van der Waals surface area contributed by atoms with E-state index in [1.165, 1.54) is 32.4 Å². The Kier molecular flexibility index (Phi) is 11.7. The van der Waals surface area contributed by atoms with Crippen molar-refractivity contribution in [2.75, 3.05) is 26.1 Å². The highest BCUT2D eigenvalue weighted by Crippen LogP contribution is 2.39. The molecule has 2 amide bonds. The van der Waals surface area contributed by atoms with Crippen molar-refractivity contribution in [3.05, 3.63) is 91.8 Å². The molecule has 5 rings (SSSR count). The number of methoxy groups -OCH3 is 2. The van der Waals surface area contributed by atoms with Crippen LogP contribution in [0.2, 0.25) is 5.02 Å². The molecule has 4 aromatic rings. The maximum absolute atomic E-state index is 13.3. The molecular formula is C36H36ClN7O6S. The molecule has 0 aliphatic carbocycles. The molecule has 0 bridgehead atoms. The first-order chi connectivity index (χ1) is 24.4. The Morgan fingerprint density at radius 1 is 1.04 bits per heavy atom. The number of halogens is 1. The molecule has 0 saturated heterocycles. The van der Waals surface area contributed by atoms with Gasteiger partial charge in [-0.25, -0.2) is 9.59 Å². The van der Waals surface area contributed by atoms with Gasteiger partial charge in [0.2, 0.25) is 11.8 Å². The minimum atomic E-state index is -1.22. The zero-order valence-electron chi connectivity index (χ0n) is 28.6. The Morgan fingerprint density at radius 2 is 1.78 bits per heavy atom. The molecule has 264 valence electrons. The Bertz CT molecular complexity index is 2090. The van der Waals surface area contributed by atoms with E-state index in [0.717, 1.165) is 32.3 Å². The van der Waals surface area contributed by atoms with Crippen molar-refractivity contribution in [2.45, 2.75) is 52.1 Å². The second-order valence-corrected chi connectivity index (χ2v) is 13.3. The standard InChI is InChI=1S/C36H36ClN7O6S/c1-19-20(2)51-34-31(19)32(22-8-11-24(37)12-9-22)41-28(33-43-42-21(3)44(33)34)18-30(46)39-16-6-7-29(45)40-25-13-14-26(35(47)49-4)23(17-25)10-15-27(38)36(48)50-5/h8-9,11-14,17,27-28H,6-7,16,18,38H2,1-5H3,(H,39,46)(H,40,45)/t27?,28-/m0/s1. The summed E-state index contributed by atoms with van der Waals surface area (Å²) in [7, 11) is 2.41. The maximum atomic E-state index is 13.3. The lowest BCUT2D eigenvalue weighted by atomic mass is 9.99. The van der Waals surface area contributed by atoms with Crippen molar-refractivity contribution < 1.29 is 28.7 Å². The van der Waals surface area contributed by atoms with Gasteiger partial charge in [0.1, 0.15) is 16.9 Å². The summed E-state index contributed by atoms with van der Waals surface area (Å²) in [6.45, 7) is 6.25. The van der Waals surface area contributed by atoms with Crippen LogP contribution in [0.3, 0.4) is 0 Å². The molecule has 0 radical (unpaired) electrons. The topological polar surface area (TPSA) is 180 Å². The number of thiophene rings is 1. The molecule has 2 aromatic heterocycles. The number of hydrogen-bond acceptors (Lipinski definition) is 11. The largest absolute Gasteiger partial charge is 0.467 e. The van der Waals surface area contributed by atoms with Crippen LogP contribution in [0.15, 0.2) is 47.5 Å². The molecule has 0 saturated carbocycles. The number of carbonyl (C=O) groups excluding carboxylic acids is 4. The van der Waals surface area contributed by atoms with Gasteiger partial charge in [0.15, 0.2) is 11.9 Å². The van der Waals surface area contributed by atoms with Crippen molar-refractivity contribution in [3.8, 4) is 16.8 Å². The van der Waals surface area contributed by atoms with Gasteiger partial charge in [0.25, 0.3) is 0 Å². The fourth-order valence-electron chi connectivity index (χ4n) is 5.44. The zero-order valence-corrected chi connectivity index (χ0v) is 30.2. The third kappa shape index (κ3) is 8.34. The van der Waals surface area contributed by atoms with Gasteiger partial charge in [0.05, 0.1) is 31.9 Å². The van der Waals surface area contributed by atoms with Gasteiger partial charge in [-0.3, -0.25) is 19.1 Å². The number of nitrogens with one attached hydrogen (secondary N) is 2. The number of aromatic nitrogens is 3. The van der Waals surface area contributed by atoms with Gasteiger partial charge in [-0.15, -0.1) is 21.5 Å². The predicted molar refractivity (Wildman–Crippen MR) is 193 cm³/mol. The van der Waals surface area contributed by atoms with Crippen LogP contribution in [0.4, 0.5) is 5.69 Å². The van der Waals surface area contributed by atoms with Crippen molar-refractivity contribution >= 4 is 58.1 Å². The molecule has 1 aliphatic rings. The van der Waals surface area contributed by atoms with Crippen LogP contribution in [0, 0.1) is 32.6 Å². The fourth-order valence-corrected chi connectivity index (χ4v) is 6.78. The lowest BCUT2D eigenvalue weighted by Crippen LogP contribution is -2.29. The molecule has 2 atom stereocenters. The number of hydrogen-bond donors (Lipinski definition) is 3. The number of carbonyl (C=O) groups is 4. The van der Waals surface area contributed by atoms with E-state index in [1.54, 1.807) is 11.3 Å². The predicted octanol–water partition coefficient (Wildman–Crippen LogP) is 4.36. The normalized spacial score (nSPS) is 13.7. The van der Waals surface area contributed by atoms with Crippen molar-refractivity contribution in [2.24, 2.45) is 10.7 Å². The number of nitrogens with zero attached hydrogens (tertiary/aromatic N) is 4. The monoisotopic (exact) mass is 729 g/mol. The van der Waals surface area contributed by atoms with Crippen LogP contribution < -0.4 is 16.4 Å². The van der Waals surface area contributed by atoms with Crippen LogP contribution in [-0.2, 0) is 23.9 Å². The SMILES string of the molecule is COC(=O)c1ccc(NC(=O)CCCNC(=O)C[C@@H]2N=C(c3ccc(Cl)cc3)c3c(sc(C)c3C)-n3c(C)nnc32)cc1C#CC(N)C(=O)OC. The summed E-state index contributed by atoms with van der Waals surface area (Å²) in [4.78, 5) is 56.2. The van der Waals surface area contributed by atoms with Crippen molar-refractivity contribution in [1.29, 1.82) is 0 Å². The first kappa shape index (κ1) is 36.9. The minimum absolute atomic E-state index is 0.0182. The van der Waals surface area contributed by atoms with Gasteiger partial charge in [0, 0.05) is 45.2 Å². The van der Waals surface area contributed by atoms with E-state index >= 15 is 0 Å². The number of esters is 2. The highest BCUT2D eigenvalue weighted by atomic mass is 35.5. The summed E-state index contributed by atoms with van der Waals surface area (Å²) in [5.41, 5.74) is 10.1. The lowest BCUT2D eigenvalue weighted by molar-refractivity contribution is -0.140. The van der Waals surface area contributed by atoms with Gasteiger partial charge in [-0.2, -0.15) is 0 Å². The van der Waals surface area contributed by atoms with Crippen LogP contribution in [0.5, 0.6) is 0 Å². The molecular weight excluding hydrogens is 694 g/mol. The minimum Gasteiger partial charge on any atom is -0.467 e. The smallest absolute Gasteiger partial charge is 0.339 e. The summed E-state index contributed by atoms with van der Waals surface area (Å²) in [5.74, 6) is 4.54. The van der Waals surface area contributed by atoms with E-state index in [0.29, 0.717) is 28.8 Å². The number of ether oxygens (including phenoxy) is 2. The molecule has 3 heterocycles. The van der Waals surface area contributed by atoms with Crippen molar-refractivity contribution in [3.63, 3.8) is 0 Å². The summed E-state index contributed by atoms with van der Waals surface area (Å²) in [6, 6.07) is 10.1. The number of nitrogens with two attached hydrogens (primary N) is 1. The molecule has 51 heavy (non-hydrogen) atoms. The third-order valence-corrected chi connectivity index (χ3v) is 9.61. The molecule has 4 N–H and O–H groups in total. The first-order valence-electron chi connectivity index (χ1n) is 15.9. The fraction of sp³-hybridized carbons (Fsp3) is 0.306. The average molecular weight is 730 g/mol. The van der Waals surface area contributed by atoms with Crippen molar-refractivity contribution in [1.82, 2.24) is 20.1 Å². The lowest BCUT2D eigenvalue weighted by Gasteiger charge is -2.13. The van der Waals surface area contributed by atoms with E-state index in [9.17, 15) is 19.2 Å². The number of fused-ring (bicyclic) bond motifs is 3. The average Bonchev–Trinajstić information content (AvgIpc) is 3.60. The number of rotatable bonds is 10. The molecule has 0 fully saturated rings. The van der Waals surface area contributed by atoms with E-state index in [1.807, 2.05) is 35.8 Å². The third-order valence-electron chi connectivity index (χ3n) is 8.16. The Labute approximate surface area is 303 Å². The second-order valence-electron chi connectivity index (χ2n) is 11.6. The Morgan fingerprint density at radius 3 is 2.49 bits per heavy atom. The van der Waals surface area contributed by atoms with Crippen LogP contribution in [-0.4, -0.2) is 71.0 Å². The maximum Gasteiger partial charge on any atom is 0.339 e. The molecule has 13 nitrogen and oxygen atoms in total. The van der Waals surface area contributed by atoms with Crippen LogP contribution >= 0.6 is 22.9 Å². The summed E-state index contributed by atoms with van der Waals surface area (Å²) in [6.07, 6.45) is 0.472. The van der Waals surface area contributed by atoms with Gasteiger partial charge < -0.3 is 25.8 Å². The molecule has 2 aromatic carbocycles. The summed E-state index contributed by atoms with van der Waals surface area (Å²) < 4.78 is 11.4. The number of amides is 2. The first-order valence-corrected chi connectivity index (χ1v) is 17.1. The van der Waals surface area contributed by atoms with E-state index < -0.39 is 24.0 Å². The Balaban J connectivity index is 1.24. The summed E-state index contributed by atoms with van der Waals surface area (Å²) >= 11 is 7.83. The number of benzene rings is 2. The van der Waals surface area contributed by atoms with Crippen LogP contribution in [0.1, 0.15) is 74.4 Å². The van der Waals surface area contributed by atoms with Gasteiger partial charge >= 0.3 is 11.9 Å². The number of aryl methyl sites for hydroxylation is 2. The van der Waals surface area contributed by atoms with E-state index in [2.05, 4.69) is 51.3 Å². The molecule has 15 heteroatoms. The molecule has 1 aliphatic heterocycles. The number of anilines is 1. The van der Waals surface area contributed by atoms with Gasteiger partial charge in [-0.05, 0) is 63.1 Å². The van der Waals surface area contributed by atoms with Crippen LogP contribution in [0.25, 0.3) is 5.00 Å². The quantitative estimate of drug-likeness (QED) is 0.121. The molecule has 1 unspecified atom stereocenters. The Hall–Kier alpha value is -5.36. The van der Waals surface area contributed by atoms with Gasteiger partial charge in [-0.1, -0.05) is 35.6 Å². The van der Waals surface area contributed by atoms with E-state index in [4.69, 9.17) is 27.1 Å². The highest BCUT2D eigenvalue weighted by molar-refractivity contribution is 7.15. The highest BCUT2D eigenvalue weighted by Gasteiger charge is 2.32.